The summed E-state index contributed by atoms with van der Waals surface area (Å²) in [5.74, 6) is 2.27. The molecule has 1 aromatic heterocycles. The fourth-order valence-corrected chi connectivity index (χ4v) is 5.67. The van der Waals surface area contributed by atoms with Gasteiger partial charge in [0, 0.05) is 48.4 Å². The van der Waals surface area contributed by atoms with Crippen LogP contribution in [0.25, 0.3) is 0 Å². The number of ether oxygens (including phenoxy) is 2. The molecule has 2 aromatic rings. The van der Waals surface area contributed by atoms with E-state index in [9.17, 15) is 4.79 Å². The van der Waals surface area contributed by atoms with Crippen LogP contribution in [0, 0.1) is 12.8 Å². The topological polar surface area (TPSA) is 42.0 Å². The second-order valence-corrected chi connectivity index (χ2v) is 9.49. The molecule has 0 aliphatic carbocycles. The number of benzene rings is 1. The van der Waals surface area contributed by atoms with Crippen molar-refractivity contribution in [3.63, 3.8) is 0 Å². The number of carbonyl (C=O) groups is 1. The van der Waals surface area contributed by atoms with E-state index in [4.69, 9.17) is 9.47 Å². The lowest BCUT2D eigenvalue weighted by molar-refractivity contribution is -0.142. The summed E-state index contributed by atoms with van der Waals surface area (Å²) in [6.07, 6.45) is 2.71. The summed E-state index contributed by atoms with van der Waals surface area (Å²) in [5, 5.41) is 0. The normalized spacial score (nSPS) is 22.4. The summed E-state index contributed by atoms with van der Waals surface area (Å²) in [5.41, 5.74) is 1.09. The number of thiophene rings is 1. The molecule has 3 heterocycles. The van der Waals surface area contributed by atoms with Crippen LogP contribution in [-0.2, 0) is 17.9 Å². The largest absolute Gasteiger partial charge is 0.493 e. The first kappa shape index (κ1) is 20.2. The zero-order valence-corrected chi connectivity index (χ0v) is 18.3. The molecule has 156 valence electrons. The van der Waals surface area contributed by atoms with Gasteiger partial charge in [-0.15, -0.1) is 11.3 Å². The fraction of sp³-hybridized carbons (Fsp3) is 0.522. The highest BCUT2D eigenvalue weighted by Gasteiger charge is 2.39. The van der Waals surface area contributed by atoms with Gasteiger partial charge in [-0.25, -0.2) is 0 Å². The van der Waals surface area contributed by atoms with Gasteiger partial charge in [0.1, 0.15) is 0 Å². The van der Waals surface area contributed by atoms with E-state index in [1.165, 1.54) is 9.75 Å². The second kappa shape index (κ2) is 8.76. The van der Waals surface area contributed by atoms with Crippen LogP contribution in [0.2, 0.25) is 0 Å². The van der Waals surface area contributed by atoms with Crippen LogP contribution < -0.4 is 9.47 Å². The van der Waals surface area contributed by atoms with E-state index >= 15 is 0 Å². The Kier molecular flexibility index (Phi) is 6.11. The highest BCUT2D eigenvalue weighted by Crippen LogP contribution is 2.35. The Morgan fingerprint density at radius 3 is 2.62 bits per heavy atom. The van der Waals surface area contributed by atoms with Crippen LogP contribution >= 0.6 is 11.3 Å². The summed E-state index contributed by atoms with van der Waals surface area (Å²) in [7, 11) is 3.29. The number of carbonyl (C=O) groups excluding carboxylic acids is 1. The summed E-state index contributed by atoms with van der Waals surface area (Å²) >= 11 is 1.89. The van der Waals surface area contributed by atoms with Crippen molar-refractivity contribution in [3.8, 4) is 11.5 Å². The summed E-state index contributed by atoms with van der Waals surface area (Å²) in [4.78, 5) is 20.3. The van der Waals surface area contributed by atoms with E-state index in [2.05, 4.69) is 28.9 Å². The fourth-order valence-electron chi connectivity index (χ4n) is 4.74. The van der Waals surface area contributed by atoms with Crippen molar-refractivity contribution in [1.82, 2.24) is 9.80 Å². The van der Waals surface area contributed by atoms with E-state index in [-0.39, 0.29) is 5.91 Å². The lowest BCUT2D eigenvalue weighted by atomic mass is 9.83. The zero-order chi connectivity index (χ0) is 20.4. The van der Waals surface area contributed by atoms with Crippen LogP contribution in [-0.4, -0.2) is 49.1 Å². The number of hydrogen-bond acceptors (Lipinski definition) is 5. The standard InChI is InChI=1S/C23H30N2O3S/c1-16-4-7-19(29-16)15-24-11-10-20-18(14-24)6-9-23(26)25(20)13-17-5-8-21(27-2)22(12-17)28-3/h4-5,7-8,12,18,20H,6,9-11,13-15H2,1-3H3/t18-,20+/m1/s1. The predicted octanol–water partition coefficient (Wildman–Crippen LogP) is 4.09. The minimum absolute atomic E-state index is 0.281. The molecule has 5 nitrogen and oxygen atoms in total. The number of likely N-dealkylation sites (tertiary alicyclic amines) is 2. The number of nitrogens with zero attached hydrogens (tertiary/aromatic N) is 2. The van der Waals surface area contributed by atoms with E-state index in [1.54, 1.807) is 14.2 Å². The van der Waals surface area contributed by atoms with Gasteiger partial charge in [0.05, 0.1) is 14.2 Å². The lowest BCUT2D eigenvalue weighted by Gasteiger charge is -2.47. The van der Waals surface area contributed by atoms with Gasteiger partial charge < -0.3 is 14.4 Å². The first-order valence-electron chi connectivity index (χ1n) is 10.4. The number of fused-ring (bicyclic) bond motifs is 1. The molecule has 0 radical (unpaired) electrons. The molecule has 4 rings (SSSR count). The first-order chi connectivity index (χ1) is 14.1. The maximum Gasteiger partial charge on any atom is 0.223 e. The molecule has 2 aliphatic heterocycles. The Bertz CT molecular complexity index is 866. The molecule has 6 heteroatoms. The smallest absolute Gasteiger partial charge is 0.223 e. The molecule has 2 atom stereocenters. The number of piperidine rings is 2. The van der Waals surface area contributed by atoms with E-state index in [0.717, 1.165) is 43.8 Å². The molecule has 0 saturated carbocycles. The number of rotatable bonds is 6. The van der Waals surface area contributed by atoms with Gasteiger partial charge in [0.25, 0.3) is 0 Å². The molecule has 29 heavy (non-hydrogen) atoms. The quantitative estimate of drug-likeness (QED) is 0.714. The molecule has 2 aliphatic rings. The molecule has 2 saturated heterocycles. The molecule has 0 spiro atoms. The van der Waals surface area contributed by atoms with Gasteiger partial charge >= 0.3 is 0 Å². The average Bonchev–Trinajstić information content (AvgIpc) is 3.14. The van der Waals surface area contributed by atoms with Gasteiger partial charge in [-0.3, -0.25) is 9.69 Å². The maximum atomic E-state index is 12.8. The molecule has 0 unspecified atom stereocenters. The van der Waals surface area contributed by atoms with Crippen LogP contribution in [0.5, 0.6) is 11.5 Å². The average molecular weight is 415 g/mol. The van der Waals surface area contributed by atoms with Crippen molar-refractivity contribution in [2.45, 2.75) is 45.3 Å². The van der Waals surface area contributed by atoms with Crippen LogP contribution in [0.15, 0.2) is 30.3 Å². The Hall–Kier alpha value is -2.05. The number of hydrogen-bond donors (Lipinski definition) is 0. The molecular weight excluding hydrogens is 384 g/mol. The summed E-state index contributed by atoms with van der Waals surface area (Å²) in [6.45, 7) is 5.97. The third-order valence-corrected chi connectivity index (χ3v) is 7.19. The number of methoxy groups -OCH3 is 2. The SMILES string of the molecule is COc1ccc(CN2C(=O)CC[C@@H]3CN(Cc4ccc(C)s4)CC[C@@H]32)cc1OC. The molecule has 1 amide bonds. The van der Waals surface area contributed by atoms with Gasteiger partial charge in [0.15, 0.2) is 11.5 Å². The maximum absolute atomic E-state index is 12.8. The van der Waals surface area contributed by atoms with Gasteiger partial charge in [-0.05, 0) is 55.5 Å². The predicted molar refractivity (Wildman–Crippen MR) is 116 cm³/mol. The highest BCUT2D eigenvalue weighted by molar-refractivity contribution is 7.11. The van der Waals surface area contributed by atoms with Gasteiger partial charge in [0.2, 0.25) is 5.91 Å². The Labute approximate surface area is 177 Å². The van der Waals surface area contributed by atoms with Crippen LogP contribution in [0.4, 0.5) is 0 Å². The molecule has 1 aromatic carbocycles. The molecule has 2 fully saturated rings. The molecule has 0 bridgehead atoms. The van der Waals surface area contributed by atoms with Crippen molar-refractivity contribution >= 4 is 17.2 Å². The van der Waals surface area contributed by atoms with Crippen LogP contribution in [0.1, 0.15) is 34.6 Å². The van der Waals surface area contributed by atoms with Crippen LogP contribution in [0.3, 0.4) is 0 Å². The lowest BCUT2D eigenvalue weighted by Crippen LogP contribution is -2.55. The Morgan fingerprint density at radius 1 is 1.07 bits per heavy atom. The highest BCUT2D eigenvalue weighted by atomic mass is 32.1. The third kappa shape index (κ3) is 4.43. The van der Waals surface area contributed by atoms with Crippen molar-refractivity contribution in [1.29, 1.82) is 0 Å². The van der Waals surface area contributed by atoms with E-state index in [1.807, 2.05) is 29.5 Å². The third-order valence-electron chi connectivity index (χ3n) is 6.20. The summed E-state index contributed by atoms with van der Waals surface area (Å²) < 4.78 is 10.8. The van der Waals surface area contributed by atoms with Crippen molar-refractivity contribution in [2.24, 2.45) is 5.92 Å². The second-order valence-electron chi connectivity index (χ2n) is 8.11. The number of aryl methyl sites for hydroxylation is 1. The monoisotopic (exact) mass is 414 g/mol. The van der Waals surface area contributed by atoms with Gasteiger partial charge in [-0.2, -0.15) is 0 Å². The Morgan fingerprint density at radius 2 is 1.90 bits per heavy atom. The molecular formula is C23H30N2O3S. The van der Waals surface area contributed by atoms with Crippen molar-refractivity contribution in [3.05, 3.63) is 45.6 Å². The minimum atomic E-state index is 0.281. The first-order valence-corrected chi connectivity index (χ1v) is 11.2. The van der Waals surface area contributed by atoms with Crippen molar-refractivity contribution < 1.29 is 14.3 Å². The van der Waals surface area contributed by atoms with Crippen molar-refractivity contribution in [2.75, 3.05) is 27.3 Å². The Balaban J connectivity index is 1.44. The zero-order valence-electron chi connectivity index (χ0n) is 17.5. The van der Waals surface area contributed by atoms with E-state index < -0.39 is 0 Å². The van der Waals surface area contributed by atoms with Gasteiger partial charge in [-0.1, -0.05) is 6.07 Å². The number of amides is 1. The minimum Gasteiger partial charge on any atom is -0.493 e. The summed E-state index contributed by atoms with van der Waals surface area (Å²) in [6, 6.07) is 10.7. The van der Waals surface area contributed by atoms with E-state index in [0.29, 0.717) is 30.7 Å². The molecule has 0 N–H and O–H groups in total.